The van der Waals surface area contributed by atoms with Gasteiger partial charge < -0.3 is 9.84 Å². The second-order valence-corrected chi connectivity index (χ2v) is 12.3. The summed E-state index contributed by atoms with van der Waals surface area (Å²) in [7, 11) is 1.69. The number of hydrogen-bond donors (Lipinski definition) is 1. The Kier molecular flexibility index (Phi) is 5.79. The van der Waals surface area contributed by atoms with Crippen LogP contribution >= 0.6 is 0 Å². The maximum atomic E-state index is 13.5. The zero-order valence-corrected chi connectivity index (χ0v) is 21.0. The van der Waals surface area contributed by atoms with Crippen LogP contribution in [0.25, 0.3) is 11.0 Å². The van der Waals surface area contributed by atoms with Crippen molar-refractivity contribution >= 4 is 16.8 Å². The molecular weight excluding hydrogens is 445 g/mol. The van der Waals surface area contributed by atoms with E-state index in [-0.39, 0.29) is 29.5 Å². The third-order valence-corrected chi connectivity index (χ3v) is 10.6. The van der Waals surface area contributed by atoms with Crippen LogP contribution in [0.2, 0.25) is 0 Å². The zero-order valence-electron chi connectivity index (χ0n) is 21.0. The predicted molar refractivity (Wildman–Crippen MR) is 130 cm³/mol. The van der Waals surface area contributed by atoms with Gasteiger partial charge in [-0.1, -0.05) is 6.92 Å². The maximum absolute atomic E-state index is 13.5. The first-order chi connectivity index (χ1) is 16.8. The lowest BCUT2D eigenvalue weighted by molar-refractivity contribution is -0.137. The topological polar surface area (TPSA) is 77.2 Å². The first-order valence-corrected chi connectivity index (χ1v) is 13.5. The van der Waals surface area contributed by atoms with Crippen LogP contribution < -0.4 is 0 Å². The summed E-state index contributed by atoms with van der Waals surface area (Å²) < 4.78 is 18.9. The number of fused-ring (bicyclic) bond motifs is 6. The van der Waals surface area contributed by atoms with Crippen LogP contribution in [0, 0.1) is 46.7 Å². The minimum Gasteiger partial charge on any atom is -0.387 e. The molecule has 1 aromatic carbocycles. The van der Waals surface area contributed by atoms with Crippen molar-refractivity contribution in [2.24, 2.45) is 40.9 Å². The summed E-state index contributed by atoms with van der Waals surface area (Å²) in [6, 6.07) is 4.36. The second-order valence-electron chi connectivity index (χ2n) is 12.3. The molecule has 6 rings (SSSR count). The molecule has 0 amide bonds. The molecule has 4 fully saturated rings. The van der Waals surface area contributed by atoms with Crippen molar-refractivity contribution in [3.63, 3.8) is 0 Å². The predicted octanol–water partition coefficient (Wildman–Crippen LogP) is 4.79. The van der Waals surface area contributed by atoms with E-state index in [1.807, 2.05) is 0 Å². The molecule has 6 nitrogen and oxygen atoms in total. The Morgan fingerprint density at radius 1 is 1.09 bits per heavy atom. The normalized spacial score (nSPS) is 40.8. The molecular formula is C28H38FN3O3. The van der Waals surface area contributed by atoms with Gasteiger partial charge in [-0.3, -0.25) is 4.79 Å². The van der Waals surface area contributed by atoms with E-state index in [2.05, 4.69) is 17.1 Å². The number of carbonyl (C=O) groups excluding carboxylic acids is 1. The van der Waals surface area contributed by atoms with Crippen molar-refractivity contribution in [1.29, 1.82) is 0 Å². The lowest BCUT2D eigenvalue weighted by Gasteiger charge is -2.57. The molecule has 0 saturated heterocycles. The number of benzene rings is 1. The van der Waals surface area contributed by atoms with Crippen LogP contribution in [0.3, 0.4) is 0 Å². The van der Waals surface area contributed by atoms with E-state index in [0.29, 0.717) is 41.3 Å². The third kappa shape index (κ3) is 3.93. The molecule has 7 heteroatoms. The Balaban J connectivity index is 1.16. The number of Topliss-reactive ketones (excluding diaryl/α,β-unsaturated/α-hetero) is 1. The van der Waals surface area contributed by atoms with E-state index in [1.165, 1.54) is 36.2 Å². The van der Waals surface area contributed by atoms with E-state index in [1.54, 1.807) is 13.2 Å². The van der Waals surface area contributed by atoms with Crippen molar-refractivity contribution in [2.45, 2.75) is 76.9 Å². The Hall–Kier alpha value is -1.86. The van der Waals surface area contributed by atoms with Gasteiger partial charge in [0.05, 0.1) is 12.2 Å². The van der Waals surface area contributed by atoms with Gasteiger partial charge in [0, 0.05) is 19.1 Å². The molecule has 4 saturated carbocycles. The second kappa shape index (κ2) is 8.62. The molecule has 4 aliphatic rings. The van der Waals surface area contributed by atoms with Crippen molar-refractivity contribution in [3.8, 4) is 0 Å². The maximum Gasteiger partial charge on any atom is 0.159 e. The fraction of sp³-hybridized carbons (Fsp3) is 0.750. The fourth-order valence-electron chi connectivity index (χ4n) is 9.14. The molecule has 0 spiro atoms. The molecule has 1 heterocycles. The molecule has 190 valence electrons. The summed E-state index contributed by atoms with van der Waals surface area (Å²) in [5.74, 6) is 3.31. The third-order valence-electron chi connectivity index (χ3n) is 10.6. The molecule has 0 bridgehead atoms. The van der Waals surface area contributed by atoms with Gasteiger partial charge in [-0.25, -0.2) is 4.39 Å². The molecule has 2 unspecified atom stereocenters. The molecule has 1 aromatic heterocycles. The minimum absolute atomic E-state index is 0.0508. The summed E-state index contributed by atoms with van der Waals surface area (Å²) in [5.41, 5.74) is 0.524. The van der Waals surface area contributed by atoms with Gasteiger partial charge in [0.25, 0.3) is 0 Å². The number of nitrogens with zero attached hydrogens (tertiary/aromatic N) is 3. The number of methoxy groups -OCH3 is 1. The summed E-state index contributed by atoms with van der Waals surface area (Å²) in [5, 5.41) is 19.8. The number of aromatic nitrogens is 3. The van der Waals surface area contributed by atoms with Crippen LogP contribution in [-0.4, -0.2) is 45.2 Å². The number of ether oxygens (including phenoxy) is 1. The smallest absolute Gasteiger partial charge is 0.159 e. The van der Waals surface area contributed by atoms with Gasteiger partial charge >= 0.3 is 0 Å². The molecule has 2 aromatic rings. The van der Waals surface area contributed by atoms with E-state index in [9.17, 15) is 14.3 Å². The molecule has 4 aliphatic carbocycles. The molecule has 0 radical (unpaired) electrons. The Labute approximate surface area is 206 Å². The van der Waals surface area contributed by atoms with E-state index < -0.39 is 5.60 Å². The van der Waals surface area contributed by atoms with Gasteiger partial charge in [-0.15, -0.1) is 0 Å². The summed E-state index contributed by atoms with van der Waals surface area (Å²) in [6.07, 6.45) is 9.68. The standard InChI is InChI=1S/C28H38FN3O3/c1-27-11-9-20-19-10-12-28(34,16-35-2)14-17(19)3-5-21(20)22(27)6-7-23(27)26(33)15-32-30-24-8-4-18(29)13-25(24)31-32/h4,8,13,17,19-23,34H,3,5-7,9-12,14-16H2,1-2H3/t17-,19-,20+,21?,22-,23+,27?,28+/m0/s1. The highest BCUT2D eigenvalue weighted by atomic mass is 19.1. The number of aliphatic hydroxyl groups is 1. The first kappa shape index (κ1) is 23.5. The number of halogens is 1. The van der Waals surface area contributed by atoms with Gasteiger partial charge in [0.1, 0.15) is 23.4 Å². The lowest BCUT2D eigenvalue weighted by atomic mass is 9.49. The number of ketones is 1. The zero-order chi connectivity index (χ0) is 24.4. The van der Waals surface area contributed by atoms with Gasteiger partial charge in [0.2, 0.25) is 0 Å². The minimum atomic E-state index is -0.645. The number of carbonyl (C=O) groups is 1. The van der Waals surface area contributed by atoms with Crippen LogP contribution in [0.15, 0.2) is 18.2 Å². The van der Waals surface area contributed by atoms with Crippen molar-refractivity contribution < 1.29 is 19.0 Å². The van der Waals surface area contributed by atoms with Gasteiger partial charge in [-0.2, -0.15) is 15.0 Å². The van der Waals surface area contributed by atoms with E-state index in [4.69, 9.17) is 4.74 Å². The summed E-state index contributed by atoms with van der Waals surface area (Å²) in [6.45, 7) is 2.99. The SMILES string of the molecule is COC[C@@]1(O)CC[C@H]2[C@@H](CCC3[C@@H]2CCC2(C)[C@@H](C(=O)Cn4nc5ccc(F)cc5n4)CC[C@@H]32)C1. The highest BCUT2D eigenvalue weighted by Crippen LogP contribution is 2.64. The van der Waals surface area contributed by atoms with Crippen molar-refractivity contribution in [1.82, 2.24) is 15.0 Å². The van der Waals surface area contributed by atoms with Crippen molar-refractivity contribution in [3.05, 3.63) is 24.0 Å². The quantitative estimate of drug-likeness (QED) is 0.662. The Bertz CT molecular complexity index is 1120. The Morgan fingerprint density at radius 2 is 1.89 bits per heavy atom. The number of rotatable bonds is 5. The van der Waals surface area contributed by atoms with Gasteiger partial charge in [0.15, 0.2) is 5.78 Å². The highest BCUT2D eigenvalue weighted by molar-refractivity contribution is 5.82. The molecule has 35 heavy (non-hydrogen) atoms. The van der Waals surface area contributed by atoms with Crippen LogP contribution in [-0.2, 0) is 16.1 Å². The van der Waals surface area contributed by atoms with E-state index >= 15 is 0 Å². The highest BCUT2D eigenvalue weighted by Gasteiger charge is 2.59. The fourth-order valence-corrected chi connectivity index (χ4v) is 9.14. The summed E-state index contributed by atoms with van der Waals surface area (Å²) >= 11 is 0. The van der Waals surface area contributed by atoms with Crippen LogP contribution in [0.5, 0.6) is 0 Å². The van der Waals surface area contributed by atoms with Crippen LogP contribution in [0.4, 0.5) is 4.39 Å². The molecule has 0 aliphatic heterocycles. The average molecular weight is 484 g/mol. The first-order valence-electron chi connectivity index (χ1n) is 13.5. The average Bonchev–Trinajstić information content (AvgIpc) is 3.38. The monoisotopic (exact) mass is 483 g/mol. The molecule has 1 N–H and O–H groups in total. The largest absolute Gasteiger partial charge is 0.387 e. The van der Waals surface area contributed by atoms with Crippen LogP contribution in [0.1, 0.15) is 64.7 Å². The van der Waals surface area contributed by atoms with Gasteiger partial charge in [-0.05, 0) is 105 Å². The summed E-state index contributed by atoms with van der Waals surface area (Å²) in [4.78, 5) is 15.0. The molecule has 8 atom stereocenters. The van der Waals surface area contributed by atoms with Crippen molar-refractivity contribution in [2.75, 3.05) is 13.7 Å². The lowest BCUT2D eigenvalue weighted by Crippen LogP contribution is -2.52. The van der Waals surface area contributed by atoms with E-state index in [0.717, 1.165) is 44.4 Å². The number of hydrogen-bond acceptors (Lipinski definition) is 5. The Morgan fingerprint density at radius 3 is 2.71 bits per heavy atom.